The fourth-order valence-electron chi connectivity index (χ4n) is 1.62. The summed E-state index contributed by atoms with van der Waals surface area (Å²) in [4.78, 5) is 0. The quantitative estimate of drug-likeness (QED) is 0.697. The Morgan fingerprint density at radius 1 is 1.19 bits per heavy atom. The molecule has 0 radical (unpaired) electrons. The van der Waals surface area contributed by atoms with Crippen LogP contribution in [0.15, 0.2) is 18.2 Å². The molecule has 0 fully saturated rings. The lowest BCUT2D eigenvalue weighted by molar-refractivity contribution is 0.340. The van der Waals surface area contributed by atoms with E-state index in [0.29, 0.717) is 0 Å². The number of hydrogen-bond donors (Lipinski definition) is 0. The maximum absolute atomic E-state index is 5.46. The molecule has 86 valence electrons. The molecule has 0 aliphatic heterocycles. The van der Waals surface area contributed by atoms with Crippen LogP contribution >= 0.6 is 0 Å². The predicted molar refractivity (Wildman–Crippen MR) is 68.7 cm³/mol. The Balaban J connectivity index is 2.60. The molecule has 1 heteroatoms. The van der Waals surface area contributed by atoms with Crippen LogP contribution in [0.2, 0.25) is 0 Å². The molecule has 0 bridgehead atoms. The molecule has 0 aliphatic rings. The summed E-state index contributed by atoms with van der Waals surface area (Å²) in [5.41, 5.74) is 2.66. The molecule has 0 N–H and O–H groups in total. The van der Waals surface area contributed by atoms with Crippen molar-refractivity contribution in [3.63, 3.8) is 0 Å². The highest BCUT2D eigenvalue weighted by Crippen LogP contribution is 2.18. The number of hydrogen-bond acceptors (Lipinski definition) is 1. The Hall–Kier alpha value is -1.42. The van der Waals surface area contributed by atoms with Gasteiger partial charge in [-0.3, -0.25) is 0 Å². The zero-order valence-corrected chi connectivity index (χ0v) is 10.5. The van der Waals surface area contributed by atoms with Gasteiger partial charge in [-0.15, -0.1) is 11.8 Å². The van der Waals surface area contributed by atoms with Crippen LogP contribution in [0.4, 0.5) is 0 Å². The molecule has 1 aromatic carbocycles. The molecule has 0 unspecified atom stereocenters. The molecule has 0 heterocycles. The van der Waals surface area contributed by atoms with Gasteiger partial charge in [-0.05, 0) is 43.5 Å². The maximum Gasteiger partial charge on any atom is 0.119 e. The summed E-state index contributed by atoms with van der Waals surface area (Å²) >= 11 is 0. The second-order valence-corrected chi connectivity index (χ2v) is 3.73. The lowest BCUT2D eigenvalue weighted by Crippen LogP contribution is -1.94. The van der Waals surface area contributed by atoms with Gasteiger partial charge in [0.15, 0.2) is 0 Å². The summed E-state index contributed by atoms with van der Waals surface area (Å²) in [5.74, 6) is 7.23. The Morgan fingerprint density at radius 2 is 2.00 bits per heavy atom. The fraction of sp³-hybridized carbons (Fsp3) is 0.467. The van der Waals surface area contributed by atoms with Crippen molar-refractivity contribution in [1.82, 2.24) is 0 Å². The van der Waals surface area contributed by atoms with Gasteiger partial charge in [-0.25, -0.2) is 0 Å². The summed E-state index contributed by atoms with van der Waals surface area (Å²) in [6.45, 7) is 6.94. The molecule has 0 aromatic heterocycles. The van der Waals surface area contributed by atoms with Crippen molar-refractivity contribution in [3.8, 4) is 17.6 Å². The third-order valence-corrected chi connectivity index (χ3v) is 2.45. The Bertz CT molecular complexity index is 382. The van der Waals surface area contributed by atoms with Crippen molar-refractivity contribution in [2.24, 2.45) is 0 Å². The molecule has 0 saturated carbocycles. The summed E-state index contributed by atoms with van der Waals surface area (Å²) in [6.07, 6.45) is 2.93. The number of rotatable bonds is 4. The van der Waals surface area contributed by atoms with E-state index >= 15 is 0 Å². The first-order valence-corrected chi connectivity index (χ1v) is 5.96. The standard InChI is InChI=1S/C15H20O/c1-4-6-7-8-9-14-10-11-15(16-5-2)12-13(14)3/h10-12H,4-5,8-9H2,1-3H3. The lowest BCUT2D eigenvalue weighted by Gasteiger charge is -2.07. The molecule has 0 atom stereocenters. The molecule has 16 heavy (non-hydrogen) atoms. The third-order valence-electron chi connectivity index (χ3n) is 2.45. The van der Waals surface area contributed by atoms with E-state index in [1.165, 1.54) is 11.1 Å². The number of benzene rings is 1. The highest BCUT2D eigenvalue weighted by atomic mass is 16.5. The normalized spacial score (nSPS) is 9.44. The minimum atomic E-state index is 0.723. The molecule has 1 rings (SSSR count). The van der Waals surface area contributed by atoms with Crippen molar-refractivity contribution in [1.29, 1.82) is 0 Å². The molecule has 1 aromatic rings. The van der Waals surface area contributed by atoms with Crippen LogP contribution in [-0.2, 0) is 6.42 Å². The Morgan fingerprint density at radius 3 is 2.62 bits per heavy atom. The van der Waals surface area contributed by atoms with E-state index in [-0.39, 0.29) is 0 Å². The summed E-state index contributed by atoms with van der Waals surface area (Å²) in [7, 11) is 0. The zero-order chi connectivity index (χ0) is 11.8. The van der Waals surface area contributed by atoms with Gasteiger partial charge >= 0.3 is 0 Å². The van der Waals surface area contributed by atoms with Gasteiger partial charge in [0.25, 0.3) is 0 Å². The molecular formula is C15H20O. The molecule has 1 nitrogen and oxygen atoms in total. The van der Waals surface area contributed by atoms with Gasteiger partial charge in [0.2, 0.25) is 0 Å². The van der Waals surface area contributed by atoms with Crippen LogP contribution in [0.1, 0.15) is 37.8 Å². The Labute approximate surface area is 98.8 Å². The Kier molecular flexibility index (Phi) is 5.50. The number of aryl methyl sites for hydroxylation is 2. The summed E-state index contributed by atoms with van der Waals surface area (Å²) < 4.78 is 5.46. The van der Waals surface area contributed by atoms with Crippen molar-refractivity contribution in [2.45, 2.75) is 40.0 Å². The SMILES string of the molecule is CCC#CCCc1ccc(OCC)cc1C. The van der Waals surface area contributed by atoms with E-state index in [1.807, 2.05) is 13.0 Å². The first kappa shape index (κ1) is 12.6. The van der Waals surface area contributed by atoms with E-state index < -0.39 is 0 Å². The van der Waals surface area contributed by atoms with Crippen LogP contribution in [0.25, 0.3) is 0 Å². The van der Waals surface area contributed by atoms with E-state index in [0.717, 1.165) is 31.6 Å². The smallest absolute Gasteiger partial charge is 0.119 e. The van der Waals surface area contributed by atoms with Gasteiger partial charge in [-0.2, -0.15) is 0 Å². The van der Waals surface area contributed by atoms with E-state index in [4.69, 9.17) is 4.74 Å². The van der Waals surface area contributed by atoms with E-state index in [9.17, 15) is 0 Å². The average Bonchev–Trinajstić information content (AvgIpc) is 2.27. The monoisotopic (exact) mass is 216 g/mol. The summed E-state index contributed by atoms with van der Waals surface area (Å²) in [6, 6.07) is 6.29. The second kappa shape index (κ2) is 6.95. The van der Waals surface area contributed by atoms with E-state index in [1.54, 1.807) is 0 Å². The van der Waals surface area contributed by atoms with Crippen LogP contribution in [0.5, 0.6) is 5.75 Å². The molecule has 0 saturated heterocycles. The first-order chi connectivity index (χ1) is 7.77. The first-order valence-electron chi connectivity index (χ1n) is 5.96. The topological polar surface area (TPSA) is 9.23 Å². The summed E-state index contributed by atoms with van der Waals surface area (Å²) in [5, 5.41) is 0. The van der Waals surface area contributed by atoms with Gasteiger partial charge in [0, 0.05) is 12.8 Å². The van der Waals surface area contributed by atoms with Crippen LogP contribution in [0.3, 0.4) is 0 Å². The lowest BCUT2D eigenvalue weighted by atomic mass is 10.0. The van der Waals surface area contributed by atoms with Crippen LogP contribution in [0, 0.1) is 18.8 Å². The van der Waals surface area contributed by atoms with E-state index in [2.05, 4.69) is 37.8 Å². The molecular weight excluding hydrogens is 196 g/mol. The third kappa shape index (κ3) is 3.98. The van der Waals surface area contributed by atoms with Gasteiger partial charge in [0.1, 0.15) is 5.75 Å². The van der Waals surface area contributed by atoms with Crippen molar-refractivity contribution in [2.75, 3.05) is 6.61 Å². The second-order valence-electron chi connectivity index (χ2n) is 3.73. The van der Waals surface area contributed by atoms with Crippen molar-refractivity contribution < 1.29 is 4.74 Å². The molecule has 0 aliphatic carbocycles. The molecule has 0 spiro atoms. The van der Waals surface area contributed by atoms with Gasteiger partial charge in [-0.1, -0.05) is 13.0 Å². The number of ether oxygens (including phenoxy) is 1. The maximum atomic E-state index is 5.46. The van der Waals surface area contributed by atoms with Gasteiger partial charge < -0.3 is 4.74 Å². The largest absolute Gasteiger partial charge is 0.494 e. The van der Waals surface area contributed by atoms with Crippen LogP contribution < -0.4 is 4.74 Å². The van der Waals surface area contributed by atoms with Gasteiger partial charge in [0.05, 0.1) is 6.61 Å². The predicted octanol–water partition coefficient (Wildman–Crippen LogP) is 3.74. The molecule has 0 amide bonds. The van der Waals surface area contributed by atoms with Crippen LogP contribution in [-0.4, -0.2) is 6.61 Å². The minimum Gasteiger partial charge on any atom is -0.494 e. The average molecular weight is 216 g/mol. The highest BCUT2D eigenvalue weighted by Gasteiger charge is 1.99. The van der Waals surface area contributed by atoms with Crippen molar-refractivity contribution >= 4 is 0 Å². The minimum absolute atomic E-state index is 0.723. The highest BCUT2D eigenvalue weighted by molar-refractivity contribution is 5.35. The van der Waals surface area contributed by atoms with Crippen molar-refractivity contribution in [3.05, 3.63) is 29.3 Å². The fourth-order valence-corrected chi connectivity index (χ4v) is 1.62. The zero-order valence-electron chi connectivity index (χ0n) is 10.5.